The van der Waals surface area contributed by atoms with Gasteiger partial charge in [0.15, 0.2) is 0 Å². The van der Waals surface area contributed by atoms with Crippen LogP contribution in [-0.4, -0.2) is 24.8 Å². The molecule has 1 aromatic carbocycles. The summed E-state index contributed by atoms with van der Waals surface area (Å²) in [7, 11) is 0. The fourth-order valence-electron chi connectivity index (χ4n) is 2.41. The van der Waals surface area contributed by atoms with E-state index in [1.54, 1.807) is 0 Å². The first-order valence-electron chi connectivity index (χ1n) is 6.53. The summed E-state index contributed by atoms with van der Waals surface area (Å²) < 4.78 is 6.37. The van der Waals surface area contributed by atoms with Crippen LogP contribution < -0.4 is 10.1 Å². The molecule has 0 aliphatic carbocycles. The predicted molar refractivity (Wildman–Crippen MR) is 75.9 cm³/mol. The summed E-state index contributed by atoms with van der Waals surface area (Å²) in [4.78, 5) is 0. The lowest BCUT2D eigenvalue weighted by Crippen LogP contribution is -2.33. The van der Waals surface area contributed by atoms with E-state index < -0.39 is 6.10 Å². The van der Waals surface area contributed by atoms with Crippen LogP contribution in [0.5, 0.6) is 5.75 Å². The Kier molecular flexibility index (Phi) is 5.03. The summed E-state index contributed by atoms with van der Waals surface area (Å²) in [5.41, 5.74) is 0.951. The van der Waals surface area contributed by atoms with Crippen molar-refractivity contribution in [2.75, 3.05) is 19.7 Å². The molecule has 18 heavy (non-hydrogen) atoms. The predicted octanol–water partition coefficient (Wildman–Crippen LogP) is 2.88. The third-order valence-corrected chi connectivity index (χ3v) is 4.07. The Balaban J connectivity index is 2.11. The number of hydrogen-bond acceptors (Lipinski definition) is 3. The summed E-state index contributed by atoms with van der Waals surface area (Å²) in [6.07, 6.45) is 1.80. The molecule has 4 heteroatoms. The third kappa shape index (κ3) is 3.25. The molecule has 1 heterocycles. The van der Waals surface area contributed by atoms with Gasteiger partial charge in [-0.1, -0.05) is 22.0 Å². The lowest BCUT2D eigenvalue weighted by atomic mass is 9.89. The van der Waals surface area contributed by atoms with Crippen LogP contribution in [0.1, 0.15) is 31.4 Å². The van der Waals surface area contributed by atoms with Gasteiger partial charge in [-0.3, -0.25) is 0 Å². The lowest BCUT2D eigenvalue weighted by Gasteiger charge is -2.28. The normalized spacial score (nSPS) is 21.6. The van der Waals surface area contributed by atoms with Gasteiger partial charge in [0.25, 0.3) is 0 Å². The average Bonchev–Trinajstić information content (AvgIpc) is 2.40. The maximum absolute atomic E-state index is 10.4. The van der Waals surface area contributed by atoms with Crippen molar-refractivity contribution in [1.29, 1.82) is 0 Å². The maximum Gasteiger partial charge on any atom is 0.120 e. The molecule has 0 aromatic heterocycles. The van der Waals surface area contributed by atoms with Gasteiger partial charge >= 0.3 is 0 Å². The van der Waals surface area contributed by atoms with E-state index in [-0.39, 0.29) is 0 Å². The van der Waals surface area contributed by atoms with Crippen LogP contribution in [-0.2, 0) is 0 Å². The Labute approximate surface area is 117 Å². The summed E-state index contributed by atoms with van der Waals surface area (Å²) in [5, 5.41) is 13.8. The average molecular weight is 314 g/mol. The first-order valence-corrected chi connectivity index (χ1v) is 7.32. The first-order chi connectivity index (χ1) is 8.72. The van der Waals surface area contributed by atoms with Crippen LogP contribution in [0.4, 0.5) is 0 Å². The van der Waals surface area contributed by atoms with E-state index in [0.717, 1.165) is 41.7 Å². The molecule has 1 aliphatic heterocycles. The zero-order valence-electron chi connectivity index (χ0n) is 10.7. The van der Waals surface area contributed by atoms with E-state index >= 15 is 0 Å². The minimum absolute atomic E-state index is 0.299. The fraction of sp³-hybridized carbons (Fsp3) is 0.571. The van der Waals surface area contributed by atoms with E-state index in [4.69, 9.17) is 4.74 Å². The molecule has 2 unspecified atom stereocenters. The van der Waals surface area contributed by atoms with E-state index in [0.29, 0.717) is 12.5 Å². The van der Waals surface area contributed by atoms with Crippen molar-refractivity contribution >= 4 is 15.9 Å². The monoisotopic (exact) mass is 313 g/mol. The number of piperidine rings is 1. The van der Waals surface area contributed by atoms with Crippen molar-refractivity contribution in [3.8, 4) is 5.75 Å². The number of halogens is 1. The molecule has 1 aromatic rings. The zero-order chi connectivity index (χ0) is 13.0. The Hall–Kier alpha value is -0.580. The number of aliphatic hydroxyl groups is 1. The molecule has 2 rings (SSSR count). The molecule has 1 aliphatic rings. The Morgan fingerprint density at radius 1 is 1.56 bits per heavy atom. The second kappa shape index (κ2) is 6.55. The van der Waals surface area contributed by atoms with E-state index in [1.165, 1.54) is 0 Å². The fourth-order valence-corrected chi connectivity index (χ4v) is 3.00. The minimum atomic E-state index is -0.414. The highest BCUT2D eigenvalue weighted by atomic mass is 79.9. The van der Waals surface area contributed by atoms with Crippen molar-refractivity contribution in [2.45, 2.75) is 25.9 Å². The molecule has 100 valence electrons. The number of ether oxygens (including phenoxy) is 1. The highest BCUT2D eigenvalue weighted by molar-refractivity contribution is 9.10. The van der Waals surface area contributed by atoms with Gasteiger partial charge < -0.3 is 15.2 Å². The van der Waals surface area contributed by atoms with Crippen LogP contribution in [0.2, 0.25) is 0 Å². The molecule has 0 radical (unpaired) electrons. The zero-order valence-corrected chi connectivity index (χ0v) is 12.2. The van der Waals surface area contributed by atoms with Crippen LogP contribution in [0.15, 0.2) is 22.7 Å². The molecule has 0 bridgehead atoms. The lowest BCUT2D eigenvalue weighted by molar-refractivity contribution is 0.0915. The van der Waals surface area contributed by atoms with Crippen molar-refractivity contribution in [2.24, 2.45) is 5.92 Å². The van der Waals surface area contributed by atoms with E-state index in [1.807, 2.05) is 25.1 Å². The Morgan fingerprint density at radius 2 is 2.39 bits per heavy atom. The highest BCUT2D eigenvalue weighted by Gasteiger charge is 2.24. The maximum atomic E-state index is 10.4. The summed E-state index contributed by atoms with van der Waals surface area (Å²) in [5.74, 6) is 1.13. The highest BCUT2D eigenvalue weighted by Crippen LogP contribution is 2.33. The third-order valence-electron chi connectivity index (χ3n) is 3.38. The SMILES string of the molecule is CCOc1ccc(C(O)C2CCCNC2)c(Br)c1. The molecule has 2 atom stereocenters. The van der Waals surface area contributed by atoms with Gasteiger partial charge in [-0.25, -0.2) is 0 Å². The van der Waals surface area contributed by atoms with Gasteiger partial charge in [0.05, 0.1) is 12.7 Å². The largest absolute Gasteiger partial charge is 0.494 e. The Bertz CT molecular complexity index is 391. The molecule has 0 amide bonds. The first kappa shape index (κ1) is 13.8. The van der Waals surface area contributed by atoms with Crippen LogP contribution in [0.25, 0.3) is 0 Å². The van der Waals surface area contributed by atoms with Crippen LogP contribution in [0, 0.1) is 5.92 Å². The van der Waals surface area contributed by atoms with E-state index in [2.05, 4.69) is 21.2 Å². The summed E-state index contributed by atoms with van der Waals surface area (Å²) >= 11 is 3.52. The van der Waals surface area contributed by atoms with Gasteiger partial charge in [0.2, 0.25) is 0 Å². The second-order valence-electron chi connectivity index (χ2n) is 4.67. The number of hydrogen-bond donors (Lipinski definition) is 2. The Morgan fingerprint density at radius 3 is 3.00 bits per heavy atom. The topological polar surface area (TPSA) is 41.5 Å². The molecule has 1 fully saturated rings. The molecule has 3 nitrogen and oxygen atoms in total. The van der Waals surface area contributed by atoms with Gasteiger partial charge in [-0.2, -0.15) is 0 Å². The summed E-state index contributed by atoms with van der Waals surface area (Å²) in [6, 6.07) is 5.80. The molecular weight excluding hydrogens is 294 g/mol. The van der Waals surface area contributed by atoms with Crippen molar-refractivity contribution < 1.29 is 9.84 Å². The quantitative estimate of drug-likeness (QED) is 0.898. The van der Waals surface area contributed by atoms with Crippen molar-refractivity contribution in [3.05, 3.63) is 28.2 Å². The molecular formula is C14H20BrNO2. The molecule has 0 saturated carbocycles. The molecule has 2 N–H and O–H groups in total. The number of benzene rings is 1. The van der Waals surface area contributed by atoms with E-state index in [9.17, 15) is 5.11 Å². The smallest absolute Gasteiger partial charge is 0.120 e. The van der Waals surface area contributed by atoms with Gasteiger partial charge in [-0.15, -0.1) is 0 Å². The number of rotatable bonds is 4. The van der Waals surface area contributed by atoms with Crippen molar-refractivity contribution in [1.82, 2.24) is 5.32 Å². The molecule has 1 saturated heterocycles. The van der Waals surface area contributed by atoms with Crippen LogP contribution in [0.3, 0.4) is 0 Å². The standard InChI is InChI=1S/C14H20BrNO2/c1-2-18-11-5-6-12(13(15)8-11)14(17)10-4-3-7-16-9-10/h5-6,8,10,14,16-17H,2-4,7,9H2,1H3. The van der Waals surface area contributed by atoms with Crippen LogP contribution >= 0.6 is 15.9 Å². The number of nitrogens with one attached hydrogen (secondary N) is 1. The minimum Gasteiger partial charge on any atom is -0.494 e. The van der Waals surface area contributed by atoms with Crippen molar-refractivity contribution in [3.63, 3.8) is 0 Å². The number of aliphatic hydroxyl groups excluding tert-OH is 1. The van der Waals surface area contributed by atoms with Gasteiger partial charge in [0, 0.05) is 16.9 Å². The van der Waals surface area contributed by atoms with Gasteiger partial charge in [0.1, 0.15) is 5.75 Å². The second-order valence-corrected chi connectivity index (χ2v) is 5.52. The molecule has 0 spiro atoms. The summed E-state index contributed by atoms with van der Waals surface area (Å²) in [6.45, 7) is 4.57. The van der Waals surface area contributed by atoms with Gasteiger partial charge in [-0.05, 0) is 44.0 Å².